The fourth-order valence-electron chi connectivity index (χ4n) is 3.77. The summed E-state index contributed by atoms with van der Waals surface area (Å²) in [6.45, 7) is 0. The number of ketones is 1. The van der Waals surface area contributed by atoms with Gasteiger partial charge in [-0.15, -0.1) is 0 Å². The number of anilines is 2. The van der Waals surface area contributed by atoms with E-state index in [2.05, 4.69) is 21.4 Å². The zero-order valence-electron chi connectivity index (χ0n) is 15.6. The zero-order valence-corrected chi connectivity index (χ0v) is 16.4. The maximum absolute atomic E-state index is 12.6. The smallest absolute Gasteiger partial charge is 0.164 e. The van der Waals surface area contributed by atoms with Crippen LogP contribution in [0.2, 0.25) is 5.02 Å². The largest absolute Gasteiger partial charge is 0.383 e. The van der Waals surface area contributed by atoms with E-state index in [1.807, 2.05) is 18.2 Å². The fourth-order valence-corrected chi connectivity index (χ4v) is 3.99. The van der Waals surface area contributed by atoms with Crippen molar-refractivity contribution in [2.75, 3.05) is 11.1 Å². The van der Waals surface area contributed by atoms with Gasteiger partial charge in [0.25, 0.3) is 0 Å². The Labute approximate surface area is 169 Å². The van der Waals surface area contributed by atoms with Crippen LogP contribution < -0.4 is 11.1 Å². The molecule has 1 aromatic carbocycles. The number of Topliss-reactive ketones (excluding diaryl/α,β-unsaturated/α-hetero) is 1. The molecule has 28 heavy (non-hydrogen) atoms. The van der Waals surface area contributed by atoms with Crippen LogP contribution in [-0.2, 0) is 6.42 Å². The third kappa shape index (κ3) is 4.09. The lowest BCUT2D eigenvalue weighted by atomic mass is 10.0. The van der Waals surface area contributed by atoms with Gasteiger partial charge in [0.2, 0.25) is 0 Å². The molecule has 0 amide bonds. The summed E-state index contributed by atoms with van der Waals surface area (Å²) in [5.74, 6) is 1.23. The molecule has 0 atom stereocenters. The number of nitrogens with two attached hydrogens (primary N) is 1. The van der Waals surface area contributed by atoms with Gasteiger partial charge in [0, 0.05) is 35.8 Å². The highest BCUT2D eigenvalue weighted by atomic mass is 35.5. The molecular formula is C22H23ClN4O. The number of hydrogen-bond donors (Lipinski definition) is 2. The Morgan fingerprint density at radius 3 is 2.79 bits per heavy atom. The molecule has 1 fully saturated rings. The molecule has 1 aliphatic carbocycles. The highest BCUT2D eigenvalue weighted by Crippen LogP contribution is 2.27. The first kappa shape index (κ1) is 18.7. The van der Waals surface area contributed by atoms with Crippen LogP contribution in [0.5, 0.6) is 0 Å². The molecular weight excluding hydrogens is 372 g/mol. The van der Waals surface area contributed by atoms with Crippen LogP contribution in [0.4, 0.5) is 11.6 Å². The normalized spacial score (nSPS) is 14.5. The average Bonchev–Trinajstić information content (AvgIpc) is 3.21. The van der Waals surface area contributed by atoms with E-state index in [-0.39, 0.29) is 5.78 Å². The lowest BCUT2D eigenvalue weighted by Crippen LogP contribution is -2.16. The van der Waals surface area contributed by atoms with Gasteiger partial charge in [-0.3, -0.25) is 4.79 Å². The van der Waals surface area contributed by atoms with Crippen molar-refractivity contribution in [2.24, 2.45) is 0 Å². The molecule has 3 N–H and O–H groups in total. The SMILES string of the molecule is Nc1nccc2cc(CCC(=O)c3cnc(NC4CCCC4)c(Cl)c3)ccc12. The monoisotopic (exact) mass is 394 g/mol. The number of nitrogens with zero attached hydrogens (tertiary/aromatic N) is 2. The molecule has 0 spiro atoms. The molecule has 3 aromatic rings. The van der Waals surface area contributed by atoms with E-state index in [9.17, 15) is 4.79 Å². The van der Waals surface area contributed by atoms with Crippen LogP contribution in [-0.4, -0.2) is 21.8 Å². The Balaban J connectivity index is 1.41. The van der Waals surface area contributed by atoms with E-state index in [0.29, 0.717) is 41.1 Å². The van der Waals surface area contributed by atoms with Crippen molar-refractivity contribution in [1.82, 2.24) is 9.97 Å². The van der Waals surface area contributed by atoms with Gasteiger partial charge in [0.15, 0.2) is 5.78 Å². The van der Waals surface area contributed by atoms with Gasteiger partial charge in [-0.25, -0.2) is 9.97 Å². The van der Waals surface area contributed by atoms with E-state index >= 15 is 0 Å². The average molecular weight is 395 g/mol. The number of nitrogen functional groups attached to an aromatic ring is 1. The molecule has 1 saturated carbocycles. The summed E-state index contributed by atoms with van der Waals surface area (Å²) in [5, 5.41) is 5.85. The summed E-state index contributed by atoms with van der Waals surface area (Å²) in [5.41, 5.74) is 7.53. The molecule has 0 bridgehead atoms. The maximum atomic E-state index is 12.6. The summed E-state index contributed by atoms with van der Waals surface area (Å²) in [4.78, 5) is 21.1. The minimum absolute atomic E-state index is 0.0381. The van der Waals surface area contributed by atoms with E-state index < -0.39 is 0 Å². The fraction of sp³-hybridized carbons (Fsp3) is 0.318. The summed E-state index contributed by atoms with van der Waals surface area (Å²) < 4.78 is 0. The number of aryl methyl sites for hydroxylation is 1. The Bertz CT molecular complexity index is 1010. The zero-order chi connectivity index (χ0) is 19.5. The number of aromatic nitrogens is 2. The molecule has 2 heterocycles. The number of carbonyl (C=O) groups is 1. The number of fused-ring (bicyclic) bond motifs is 1. The van der Waals surface area contributed by atoms with E-state index in [1.165, 1.54) is 12.8 Å². The second-order valence-corrected chi connectivity index (χ2v) is 7.76. The lowest BCUT2D eigenvalue weighted by molar-refractivity contribution is 0.0982. The van der Waals surface area contributed by atoms with Crippen molar-refractivity contribution in [3.05, 3.63) is 58.9 Å². The molecule has 6 heteroatoms. The van der Waals surface area contributed by atoms with E-state index in [4.69, 9.17) is 17.3 Å². The van der Waals surface area contributed by atoms with E-state index in [1.54, 1.807) is 18.5 Å². The number of halogens is 1. The topological polar surface area (TPSA) is 80.9 Å². The van der Waals surface area contributed by atoms with Crippen LogP contribution in [0.1, 0.15) is 48.0 Å². The first-order valence-corrected chi connectivity index (χ1v) is 10.1. The predicted octanol–water partition coefficient (Wildman–Crippen LogP) is 5.04. The number of hydrogen-bond acceptors (Lipinski definition) is 5. The van der Waals surface area contributed by atoms with Crippen molar-refractivity contribution in [2.45, 2.75) is 44.6 Å². The van der Waals surface area contributed by atoms with Gasteiger partial charge in [0.1, 0.15) is 11.6 Å². The Morgan fingerprint density at radius 2 is 2.00 bits per heavy atom. The molecule has 0 saturated heterocycles. The standard InChI is InChI=1S/C22H23ClN4O/c23-19-12-16(13-26-22(19)27-17-3-1-2-4-17)20(28)8-6-14-5-7-18-15(11-14)9-10-25-21(18)24/h5,7,9-13,17H,1-4,6,8H2,(H2,24,25)(H,26,27). The molecule has 1 aliphatic rings. The van der Waals surface area contributed by atoms with Crippen LogP contribution in [0, 0.1) is 0 Å². The van der Waals surface area contributed by atoms with Gasteiger partial charge < -0.3 is 11.1 Å². The van der Waals surface area contributed by atoms with Crippen LogP contribution in [0.25, 0.3) is 10.8 Å². The predicted molar refractivity (Wildman–Crippen MR) is 114 cm³/mol. The van der Waals surface area contributed by atoms with Crippen LogP contribution in [0.15, 0.2) is 42.7 Å². The summed E-state index contributed by atoms with van der Waals surface area (Å²) in [7, 11) is 0. The number of benzene rings is 1. The Morgan fingerprint density at radius 1 is 1.18 bits per heavy atom. The van der Waals surface area contributed by atoms with Crippen LogP contribution >= 0.6 is 11.6 Å². The van der Waals surface area contributed by atoms with Gasteiger partial charge in [-0.2, -0.15) is 0 Å². The number of carbonyl (C=O) groups excluding carboxylic acids is 1. The van der Waals surface area contributed by atoms with Gasteiger partial charge in [0.05, 0.1) is 5.02 Å². The summed E-state index contributed by atoms with van der Waals surface area (Å²) in [6.07, 6.45) is 9.14. The van der Waals surface area contributed by atoms with Crippen molar-refractivity contribution in [3.63, 3.8) is 0 Å². The second kappa shape index (κ2) is 8.15. The summed E-state index contributed by atoms with van der Waals surface area (Å²) in [6, 6.07) is 10.1. The third-order valence-electron chi connectivity index (χ3n) is 5.36. The second-order valence-electron chi connectivity index (χ2n) is 7.35. The number of rotatable bonds is 6. The molecule has 4 rings (SSSR count). The van der Waals surface area contributed by atoms with Crippen molar-refractivity contribution in [3.8, 4) is 0 Å². The van der Waals surface area contributed by atoms with Crippen LogP contribution in [0.3, 0.4) is 0 Å². The maximum Gasteiger partial charge on any atom is 0.164 e. The minimum Gasteiger partial charge on any atom is -0.383 e. The molecule has 0 radical (unpaired) electrons. The van der Waals surface area contributed by atoms with Crippen molar-refractivity contribution < 1.29 is 4.79 Å². The summed E-state index contributed by atoms with van der Waals surface area (Å²) >= 11 is 6.35. The van der Waals surface area contributed by atoms with Crippen molar-refractivity contribution in [1.29, 1.82) is 0 Å². The minimum atomic E-state index is 0.0381. The lowest BCUT2D eigenvalue weighted by Gasteiger charge is -2.14. The van der Waals surface area contributed by atoms with E-state index in [0.717, 1.165) is 29.2 Å². The molecule has 2 aromatic heterocycles. The highest BCUT2D eigenvalue weighted by molar-refractivity contribution is 6.33. The van der Waals surface area contributed by atoms with Gasteiger partial charge in [-0.1, -0.05) is 42.6 Å². The quantitative estimate of drug-likeness (QED) is 0.572. The molecule has 0 aliphatic heterocycles. The molecule has 144 valence electrons. The molecule has 5 nitrogen and oxygen atoms in total. The highest BCUT2D eigenvalue weighted by Gasteiger charge is 2.17. The first-order chi connectivity index (χ1) is 13.6. The van der Waals surface area contributed by atoms with Crippen molar-refractivity contribution >= 4 is 39.8 Å². The number of pyridine rings is 2. The third-order valence-corrected chi connectivity index (χ3v) is 5.65. The van der Waals surface area contributed by atoms with Gasteiger partial charge in [-0.05, 0) is 42.3 Å². The Hall–Kier alpha value is -2.66. The Kier molecular flexibility index (Phi) is 5.44. The van der Waals surface area contributed by atoms with Gasteiger partial charge >= 0.3 is 0 Å². The first-order valence-electron chi connectivity index (χ1n) is 9.68. The number of nitrogens with one attached hydrogen (secondary N) is 1. The molecule has 0 unspecified atom stereocenters.